The van der Waals surface area contributed by atoms with Crippen molar-refractivity contribution in [3.63, 3.8) is 0 Å². The molecule has 0 atom stereocenters. The average molecular weight is 343 g/mol. The molecule has 2 heterocycles. The molecule has 0 radical (unpaired) electrons. The molecule has 0 aliphatic carbocycles. The Morgan fingerprint density at radius 1 is 1.21 bits per heavy atom. The fraction of sp³-hybridized carbons (Fsp3) is 0.235. The van der Waals surface area contributed by atoms with Crippen LogP contribution < -0.4 is 0 Å². The third-order valence-electron chi connectivity index (χ3n) is 3.41. The van der Waals surface area contributed by atoms with Gasteiger partial charge in [-0.2, -0.15) is 0 Å². The van der Waals surface area contributed by atoms with E-state index in [2.05, 4.69) is 27.1 Å². The molecule has 0 fully saturated rings. The maximum absolute atomic E-state index is 11.3. The van der Waals surface area contributed by atoms with Crippen molar-refractivity contribution in [3.05, 3.63) is 54.3 Å². The SMILES string of the molecule is COC(=O)CCSc1nnc(-c2ccco2)n1Cc1ccccc1. The molecule has 0 bridgehead atoms. The average Bonchev–Trinajstić information content (AvgIpc) is 3.26. The highest BCUT2D eigenvalue weighted by Gasteiger charge is 2.17. The first kappa shape index (κ1) is 16.3. The lowest BCUT2D eigenvalue weighted by Crippen LogP contribution is -2.05. The van der Waals surface area contributed by atoms with E-state index in [1.165, 1.54) is 18.9 Å². The van der Waals surface area contributed by atoms with Crippen LogP contribution in [0.1, 0.15) is 12.0 Å². The lowest BCUT2D eigenvalue weighted by Gasteiger charge is -2.09. The normalized spacial score (nSPS) is 10.7. The molecule has 0 spiro atoms. The Bertz CT molecular complexity index is 785. The molecule has 3 rings (SSSR count). The number of methoxy groups -OCH3 is 1. The summed E-state index contributed by atoms with van der Waals surface area (Å²) in [5.41, 5.74) is 1.14. The number of esters is 1. The van der Waals surface area contributed by atoms with Crippen molar-refractivity contribution in [3.8, 4) is 11.6 Å². The molecule has 6 nitrogen and oxygen atoms in total. The predicted octanol–water partition coefficient (Wildman–Crippen LogP) is 3.24. The van der Waals surface area contributed by atoms with Gasteiger partial charge in [-0.25, -0.2) is 0 Å². The maximum atomic E-state index is 11.3. The monoisotopic (exact) mass is 343 g/mol. The maximum Gasteiger partial charge on any atom is 0.306 e. The lowest BCUT2D eigenvalue weighted by atomic mass is 10.2. The van der Waals surface area contributed by atoms with Gasteiger partial charge >= 0.3 is 5.97 Å². The van der Waals surface area contributed by atoms with Crippen LogP contribution >= 0.6 is 11.8 Å². The second-order valence-corrected chi connectivity index (χ2v) is 6.09. The van der Waals surface area contributed by atoms with Gasteiger partial charge in [0.05, 0.1) is 26.3 Å². The first-order valence-electron chi connectivity index (χ1n) is 7.48. The fourth-order valence-corrected chi connectivity index (χ4v) is 3.08. The number of rotatable bonds is 7. The van der Waals surface area contributed by atoms with Crippen LogP contribution in [0.25, 0.3) is 11.6 Å². The molecule has 124 valence electrons. The zero-order chi connectivity index (χ0) is 16.8. The van der Waals surface area contributed by atoms with Crippen molar-refractivity contribution in [1.29, 1.82) is 0 Å². The topological polar surface area (TPSA) is 70.2 Å². The van der Waals surface area contributed by atoms with E-state index in [1.807, 2.05) is 34.9 Å². The second kappa shape index (κ2) is 7.83. The molecular formula is C17H17N3O3S. The zero-order valence-corrected chi connectivity index (χ0v) is 14.0. The first-order valence-corrected chi connectivity index (χ1v) is 8.47. The van der Waals surface area contributed by atoms with Crippen molar-refractivity contribution < 1.29 is 13.9 Å². The molecule has 0 N–H and O–H groups in total. The number of carbonyl (C=O) groups excluding carboxylic acids is 1. The molecule has 1 aromatic carbocycles. The second-order valence-electron chi connectivity index (χ2n) is 5.03. The summed E-state index contributed by atoms with van der Waals surface area (Å²) >= 11 is 1.47. The van der Waals surface area contributed by atoms with Crippen LogP contribution in [0.5, 0.6) is 0 Å². The van der Waals surface area contributed by atoms with E-state index in [4.69, 9.17) is 4.42 Å². The molecule has 7 heteroatoms. The van der Waals surface area contributed by atoms with E-state index >= 15 is 0 Å². The Balaban J connectivity index is 1.84. The van der Waals surface area contributed by atoms with Crippen LogP contribution in [0, 0.1) is 0 Å². The van der Waals surface area contributed by atoms with Crippen LogP contribution in [0.15, 0.2) is 58.3 Å². The number of hydrogen-bond donors (Lipinski definition) is 0. The number of furan rings is 1. The lowest BCUT2D eigenvalue weighted by molar-refractivity contribution is -0.140. The molecular weight excluding hydrogens is 326 g/mol. The predicted molar refractivity (Wildman–Crippen MR) is 90.6 cm³/mol. The Morgan fingerprint density at radius 2 is 2.04 bits per heavy atom. The van der Waals surface area contributed by atoms with Crippen LogP contribution in [0.4, 0.5) is 0 Å². The highest BCUT2D eigenvalue weighted by molar-refractivity contribution is 7.99. The van der Waals surface area contributed by atoms with Gasteiger partial charge in [-0.3, -0.25) is 9.36 Å². The molecule has 3 aromatic rings. The highest BCUT2D eigenvalue weighted by Crippen LogP contribution is 2.25. The minimum Gasteiger partial charge on any atom is -0.469 e. The molecule has 0 unspecified atom stereocenters. The molecule has 0 aliphatic heterocycles. The minimum absolute atomic E-state index is 0.233. The van der Waals surface area contributed by atoms with Crippen LogP contribution in [-0.2, 0) is 16.1 Å². The summed E-state index contributed by atoms with van der Waals surface area (Å²) < 4.78 is 12.1. The smallest absolute Gasteiger partial charge is 0.306 e. The zero-order valence-electron chi connectivity index (χ0n) is 13.2. The Kier molecular flexibility index (Phi) is 5.32. The van der Waals surface area contributed by atoms with Gasteiger partial charge in [0.1, 0.15) is 0 Å². The number of hydrogen-bond acceptors (Lipinski definition) is 6. The highest BCUT2D eigenvalue weighted by atomic mass is 32.2. The van der Waals surface area contributed by atoms with E-state index in [1.54, 1.807) is 6.26 Å². The van der Waals surface area contributed by atoms with Crippen molar-refractivity contribution in [2.24, 2.45) is 0 Å². The number of benzene rings is 1. The van der Waals surface area contributed by atoms with Gasteiger partial charge in [-0.05, 0) is 17.7 Å². The Morgan fingerprint density at radius 3 is 2.75 bits per heavy atom. The summed E-state index contributed by atoms with van der Waals surface area (Å²) in [5, 5.41) is 9.25. The number of aromatic nitrogens is 3. The molecule has 0 saturated heterocycles. The van der Waals surface area contributed by atoms with E-state index < -0.39 is 0 Å². The van der Waals surface area contributed by atoms with Crippen molar-refractivity contribution in [1.82, 2.24) is 14.8 Å². The molecule has 0 saturated carbocycles. The molecule has 2 aromatic heterocycles. The van der Waals surface area contributed by atoms with Crippen LogP contribution in [-0.4, -0.2) is 33.6 Å². The summed E-state index contributed by atoms with van der Waals surface area (Å²) in [6, 6.07) is 13.8. The molecule has 0 aliphatic rings. The van der Waals surface area contributed by atoms with Crippen LogP contribution in [0.3, 0.4) is 0 Å². The van der Waals surface area contributed by atoms with Gasteiger partial charge in [0.15, 0.2) is 10.9 Å². The van der Waals surface area contributed by atoms with Crippen LogP contribution in [0.2, 0.25) is 0 Å². The summed E-state index contributed by atoms with van der Waals surface area (Å²) in [5.74, 6) is 1.68. The van der Waals surface area contributed by atoms with E-state index in [0.717, 1.165) is 10.7 Å². The quantitative estimate of drug-likeness (QED) is 0.484. The largest absolute Gasteiger partial charge is 0.469 e. The Labute approximate surface area is 143 Å². The van der Waals surface area contributed by atoms with Gasteiger partial charge in [-0.1, -0.05) is 42.1 Å². The number of carbonyl (C=O) groups is 1. The van der Waals surface area contributed by atoms with E-state index in [-0.39, 0.29) is 5.97 Å². The van der Waals surface area contributed by atoms with Crippen molar-refractivity contribution >= 4 is 17.7 Å². The van der Waals surface area contributed by atoms with Gasteiger partial charge in [0, 0.05) is 5.75 Å². The van der Waals surface area contributed by atoms with Crippen molar-refractivity contribution in [2.75, 3.05) is 12.9 Å². The van der Waals surface area contributed by atoms with Gasteiger partial charge in [0.25, 0.3) is 0 Å². The van der Waals surface area contributed by atoms with Gasteiger partial charge in [0.2, 0.25) is 5.82 Å². The minimum atomic E-state index is -0.233. The third-order valence-corrected chi connectivity index (χ3v) is 4.38. The van der Waals surface area contributed by atoms with E-state index in [0.29, 0.717) is 30.3 Å². The third kappa shape index (κ3) is 3.86. The standard InChI is InChI=1S/C17H17N3O3S/c1-22-15(21)9-11-24-17-19-18-16(14-8-5-10-23-14)20(17)12-13-6-3-2-4-7-13/h2-8,10H,9,11-12H2,1H3. The molecule has 0 amide bonds. The Hall–Kier alpha value is -2.54. The number of nitrogens with zero attached hydrogens (tertiary/aromatic N) is 3. The fourth-order valence-electron chi connectivity index (χ4n) is 2.22. The number of thioether (sulfide) groups is 1. The van der Waals surface area contributed by atoms with E-state index in [9.17, 15) is 4.79 Å². The van der Waals surface area contributed by atoms with Crippen molar-refractivity contribution in [2.45, 2.75) is 18.1 Å². The summed E-state index contributed by atoms with van der Waals surface area (Å²) in [6.45, 7) is 0.629. The summed E-state index contributed by atoms with van der Waals surface area (Å²) in [6.07, 6.45) is 1.94. The first-order chi connectivity index (χ1) is 11.8. The van der Waals surface area contributed by atoms with Gasteiger partial charge < -0.3 is 9.15 Å². The number of ether oxygens (including phenoxy) is 1. The van der Waals surface area contributed by atoms with Gasteiger partial charge in [-0.15, -0.1) is 10.2 Å². The summed E-state index contributed by atoms with van der Waals surface area (Å²) in [7, 11) is 1.39. The molecule has 24 heavy (non-hydrogen) atoms. The summed E-state index contributed by atoms with van der Waals surface area (Å²) in [4.78, 5) is 11.3.